The summed E-state index contributed by atoms with van der Waals surface area (Å²) in [7, 11) is 0. The van der Waals surface area contributed by atoms with Gasteiger partial charge in [-0.15, -0.1) is 11.3 Å². The first-order chi connectivity index (χ1) is 9.58. The molecule has 0 aromatic carbocycles. The summed E-state index contributed by atoms with van der Waals surface area (Å²) >= 11 is 1.64. The van der Waals surface area contributed by atoms with Crippen LogP contribution in [0, 0.1) is 10.1 Å². The Bertz CT molecular complexity index is 594. The van der Waals surface area contributed by atoms with Crippen LogP contribution in [0.4, 0.5) is 5.69 Å². The molecule has 0 aliphatic heterocycles. The highest BCUT2D eigenvalue weighted by Crippen LogP contribution is 2.13. The molecule has 0 spiro atoms. The van der Waals surface area contributed by atoms with Crippen LogP contribution in [0.2, 0.25) is 0 Å². The van der Waals surface area contributed by atoms with Gasteiger partial charge >= 0.3 is 5.69 Å². The van der Waals surface area contributed by atoms with Crippen molar-refractivity contribution in [2.24, 2.45) is 0 Å². The number of hydrogen-bond acceptors (Lipinski definition) is 5. The molecule has 7 nitrogen and oxygen atoms in total. The predicted octanol–water partition coefficient (Wildman–Crippen LogP) is 1.77. The highest BCUT2D eigenvalue weighted by molar-refractivity contribution is 7.09. The molecule has 0 saturated carbocycles. The number of carbonyl (C=O) groups excluding carboxylic acids is 1. The van der Waals surface area contributed by atoms with Gasteiger partial charge in [0.15, 0.2) is 0 Å². The molecule has 1 amide bonds. The van der Waals surface area contributed by atoms with Gasteiger partial charge in [-0.2, -0.15) is 5.10 Å². The van der Waals surface area contributed by atoms with Crippen LogP contribution in [-0.2, 0) is 11.2 Å². The lowest BCUT2D eigenvalue weighted by molar-refractivity contribution is -0.385. The van der Waals surface area contributed by atoms with E-state index in [2.05, 4.69) is 10.4 Å². The van der Waals surface area contributed by atoms with Gasteiger partial charge in [0.2, 0.25) is 5.91 Å². The number of nitrogens with zero attached hydrogens (tertiary/aromatic N) is 3. The average molecular weight is 294 g/mol. The Balaban J connectivity index is 1.86. The molecule has 2 aromatic heterocycles. The third kappa shape index (κ3) is 3.41. The van der Waals surface area contributed by atoms with Gasteiger partial charge in [0.25, 0.3) is 0 Å². The highest BCUT2D eigenvalue weighted by atomic mass is 32.1. The Hall–Kier alpha value is -2.22. The second kappa shape index (κ2) is 6.29. The van der Waals surface area contributed by atoms with E-state index < -0.39 is 11.0 Å². The van der Waals surface area contributed by atoms with Crippen molar-refractivity contribution < 1.29 is 9.72 Å². The zero-order valence-electron chi connectivity index (χ0n) is 10.9. The number of amides is 1. The number of carbonyl (C=O) groups is 1. The van der Waals surface area contributed by atoms with Gasteiger partial charge in [-0.25, -0.2) is 0 Å². The largest absolute Gasteiger partial charge is 0.354 e. The van der Waals surface area contributed by atoms with Crippen molar-refractivity contribution in [1.29, 1.82) is 0 Å². The molecule has 0 aliphatic carbocycles. The third-order valence-corrected chi connectivity index (χ3v) is 3.76. The van der Waals surface area contributed by atoms with Crippen molar-refractivity contribution in [2.75, 3.05) is 6.54 Å². The van der Waals surface area contributed by atoms with Gasteiger partial charge in [-0.1, -0.05) is 6.07 Å². The fraction of sp³-hybridized carbons (Fsp3) is 0.333. The number of hydrogen-bond donors (Lipinski definition) is 1. The van der Waals surface area contributed by atoms with Crippen molar-refractivity contribution in [3.63, 3.8) is 0 Å². The second-order valence-electron chi connectivity index (χ2n) is 4.23. The highest BCUT2D eigenvalue weighted by Gasteiger charge is 2.18. The van der Waals surface area contributed by atoms with Crippen molar-refractivity contribution in [1.82, 2.24) is 15.1 Å². The summed E-state index contributed by atoms with van der Waals surface area (Å²) in [6, 6.07) is 3.40. The Morgan fingerprint density at radius 2 is 2.45 bits per heavy atom. The van der Waals surface area contributed by atoms with E-state index in [0.29, 0.717) is 6.54 Å². The molecular formula is C12H14N4O3S. The maximum absolute atomic E-state index is 11.9. The fourth-order valence-corrected chi connectivity index (χ4v) is 2.37. The summed E-state index contributed by atoms with van der Waals surface area (Å²) in [6.07, 6.45) is 3.16. The molecule has 0 fully saturated rings. The Kier molecular flexibility index (Phi) is 4.46. The first kappa shape index (κ1) is 14.2. The number of rotatable bonds is 6. The Labute approximate surface area is 119 Å². The number of aromatic nitrogens is 2. The Morgan fingerprint density at radius 1 is 1.65 bits per heavy atom. The van der Waals surface area contributed by atoms with Gasteiger partial charge in [0.1, 0.15) is 18.4 Å². The van der Waals surface area contributed by atoms with Crippen molar-refractivity contribution in [2.45, 2.75) is 19.4 Å². The van der Waals surface area contributed by atoms with Gasteiger partial charge in [0.05, 0.1) is 4.92 Å². The van der Waals surface area contributed by atoms with E-state index in [9.17, 15) is 14.9 Å². The monoisotopic (exact) mass is 294 g/mol. The lowest BCUT2D eigenvalue weighted by atomic mass is 10.3. The predicted molar refractivity (Wildman–Crippen MR) is 74.6 cm³/mol. The molecule has 2 aromatic rings. The van der Waals surface area contributed by atoms with E-state index >= 15 is 0 Å². The molecule has 1 N–H and O–H groups in total. The summed E-state index contributed by atoms with van der Waals surface area (Å²) in [6.45, 7) is 2.18. The van der Waals surface area contributed by atoms with Crippen LogP contribution in [0.3, 0.4) is 0 Å². The van der Waals surface area contributed by atoms with Gasteiger partial charge < -0.3 is 5.32 Å². The number of nitrogens with one attached hydrogen (secondary N) is 1. The smallest absolute Gasteiger partial charge is 0.307 e. The van der Waals surface area contributed by atoms with Gasteiger partial charge in [-0.3, -0.25) is 19.6 Å². The molecule has 0 bridgehead atoms. The van der Waals surface area contributed by atoms with Gasteiger partial charge in [-0.05, 0) is 24.8 Å². The minimum atomic E-state index is -0.577. The van der Waals surface area contributed by atoms with Crippen molar-refractivity contribution in [3.8, 4) is 0 Å². The molecule has 0 radical (unpaired) electrons. The van der Waals surface area contributed by atoms with Crippen LogP contribution in [0.15, 0.2) is 29.9 Å². The lowest BCUT2D eigenvalue weighted by Gasteiger charge is -2.11. The normalized spacial score (nSPS) is 12.1. The molecule has 1 atom stereocenters. The van der Waals surface area contributed by atoms with E-state index in [1.165, 1.54) is 15.8 Å². The number of thiophene rings is 1. The van der Waals surface area contributed by atoms with Crippen LogP contribution in [0.5, 0.6) is 0 Å². The molecule has 2 rings (SSSR count). The zero-order chi connectivity index (χ0) is 14.5. The van der Waals surface area contributed by atoms with Crippen LogP contribution in [0.25, 0.3) is 0 Å². The van der Waals surface area contributed by atoms with E-state index in [4.69, 9.17) is 0 Å². The average Bonchev–Trinajstić information content (AvgIpc) is 3.08. The van der Waals surface area contributed by atoms with E-state index in [0.717, 1.165) is 12.6 Å². The van der Waals surface area contributed by atoms with Crippen LogP contribution in [0.1, 0.15) is 17.8 Å². The van der Waals surface area contributed by atoms with Crippen LogP contribution in [-0.4, -0.2) is 27.2 Å². The maximum Gasteiger partial charge on any atom is 0.307 e. The molecule has 2 heterocycles. The molecule has 20 heavy (non-hydrogen) atoms. The topological polar surface area (TPSA) is 90.1 Å². The lowest BCUT2D eigenvalue weighted by Crippen LogP contribution is -2.32. The first-order valence-corrected chi connectivity index (χ1v) is 6.94. The molecule has 106 valence electrons. The molecule has 0 unspecified atom stereocenters. The van der Waals surface area contributed by atoms with Crippen molar-refractivity contribution in [3.05, 3.63) is 44.9 Å². The molecule has 8 heteroatoms. The fourth-order valence-electron chi connectivity index (χ4n) is 1.67. The molecule has 0 saturated heterocycles. The minimum absolute atomic E-state index is 0.122. The van der Waals surface area contributed by atoms with Crippen LogP contribution >= 0.6 is 11.3 Å². The SMILES string of the molecule is C[C@@H](C(=O)NCCc1cccs1)n1cc([N+](=O)[O-])cn1. The standard InChI is InChI=1S/C12H14N4O3S/c1-9(15-8-10(7-14-15)16(18)19)12(17)13-5-4-11-3-2-6-20-11/h2-3,6-9H,4-5H2,1H3,(H,13,17)/t9-/m0/s1. The summed E-state index contributed by atoms with van der Waals surface area (Å²) in [5, 5.41) is 19.2. The van der Waals surface area contributed by atoms with E-state index in [1.54, 1.807) is 18.3 Å². The molecule has 0 aliphatic rings. The van der Waals surface area contributed by atoms with Gasteiger partial charge in [0, 0.05) is 11.4 Å². The van der Waals surface area contributed by atoms with Crippen molar-refractivity contribution >= 4 is 22.9 Å². The zero-order valence-corrected chi connectivity index (χ0v) is 11.7. The second-order valence-corrected chi connectivity index (χ2v) is 5.26. The quantitative estimate of drug-likeness (QED) is 0.649. The van der Waals surface area contributed by atoms with E-state index in [-0.39, 0.29) is 11.6 Å². The summed E-state index contributed by atoms with van der Waals surface area (Å²) < 4.78 is 1.29. The maximum atomic E-state index is 11.9. The number of nitro groups is 1. The minimum Gasteiger partial charge on any atom is -0.354 e. The van der Waals surface area contributed by atoms with Crippen LogP contribution < -0.4 is 5.32 Å². The summed E-state index contributed by atoms with van der Waals surface area (Å²) in [5.41, 5.74) is -0.122. The summed E-state index contributed by atoms with van der Waals surface area (Å²) in [4.78, 5) is 23.1. The van der Waals surface area contributed by atoms with E-state index in [1.807, 2.05) is 17.5 Å². The first-order valence-electron chi connectivity index (χ1n) is 6.06. The third-order valence-electron chi connectivity index (χ3n) is 2.83. The molecular weight excluding hydrogens is 280 g/mol. The summed E-state index contributed by atoms with van der Waals surface area (Å²) in [5.74, 6) is -0.209. The Morgan fingerprint density at radius 3 is 3.05 bits per heavy atom.